The van der Waals surface area contributed by atoms with Crippen molar-refractivity contribution in [3.05, 3.63) is 35.9 Å². The Balaban J connectivity index is 2.65. The van der Waals surface area contributed by atoms with Gasteiger partial charge < -0.3 is 5.32 Å². The number of aromatic nitrogens is 2. The molecule has 13 heavy (non-hydrogen) atoms. The number of aryl methyl sites for hydroxylation is 1. The Hall–Kier alpha value is -1.35. The Morgan fingerprint density at radius 1 is 1.46 bits per heavy atom. The molecule has 0 spiro atoms. The smallest absolute Gasteiger partial charge is 0.110 e. The van der Waals surface area contributed by atoms with Crippen LogP contribution in [0.15, 0.2) is 24.4 Å². The molecule has 0 radical (unpaired) electrons. The number of pyridine rings is 1. The average Bonchev–Trinajstić information content (AvgIpc) is 2.50. The fourth-order valence-corrected chi connectivity index (χ4v) is 1.60. The van der Waals surface area contributed by atoms with Gasteiger partial charge in [0, 0.05) is 12.2 Å². The fourth-order valence-electron chi connectivity index (χ4n) is 1.60. The SMILES string of the molecule is CNCc1cccc2cnc(C)n12. The lowest BCUT2D eigenvalue weighted by atomic mass is 10.3. The third-order valence-electron chi connectivity index (χ3n) is 2.17. The molecule has 1 N–H and O–H groups in total. The lowest BCUT2D eigenvalue weighted by Crippen LogP contribution is -2.09. The summed E-state index contributed by atoms with van der Waals surface area (Å²) >= 11 is 0. The molecule has 2 rings (SSSR count). The molecule has 2 heterocycles. The van der Waals surface area contributed by atoms with E-state index < -0.39 is 0 Å². The van der Waals surface area contributed by atoms with Gasteiger partial charge in [0.05, 0.1) is 11.7 Å². The number of imidazole rings is 1. The quantitative estimate of drug-likeness (QED) is 0.746. The van der Waals surface area contributed by atoms with Gasteiger partial charge in [-0.05, 0) is 26.1 Å². The second-order valence-corrected chi connectivity index (χ2v) is 3.11. The number of nitrogens with zero attached hydrogens (tertiary/aromatic N) is 2. The molecule has 3 heteroatoms. The molecular weight excluding hydrogens is 162 g/mol. The van der Waals surface area contributed by atoms with E-state index in [1.54, 1.807) is 0 Å². The molecule has 2 aromatic rings. The van der Waals surface area contributed by atoms with Gasteiger partial charge in [-0.25, -0.2) is 4.98 Å². The van der Waals surface area contributed by atoms with Gasteiger partial charge in [-0.1, -0.05) is 6.07 Å². The molecule has 0 aliphatic rings. The van der Waals surface area contributed by atoms with Gasteiger partial charge in [0.25, 0.3) is 0 Å². The molecule has 68 valence electrons. The van der Waals surface area contributed by atoms with Gasteiger partial charge in [0.2, 0.25) is 0 Å². The normalized spacial score (nSPS) is 10.9. The molecule has 0 aliphatic heterocycles. The highest BCUT2D eigenvalue weighted by molar-refractivity contribution is 5.47. The minimum absolute atomic E-state index is 0.870. The summed E-state index contributed by atoms with van der Waals surface area (Å²) < 4.78 is 2.16. The Morgan fingerprint density at radius 2 is 2.31 bits per heavy atom. The van der Waals surface area contributed by atoms with E-state index in [1.165, 1.54) is 5.69 Å². The standard InChI is InChI=1S/C10H13N3/c1-8-12-7-10-5-3-4-9(6-11-2)13(8)10/h3-5,7,11H,6H2,1-2H3. The Morgan fingerprint density at radius 3 is 3.08 bits per heavy atom. The molecule has 0 amide bonds. The highest BCUT2D eigenvalue weighted by atomic mass is 15.0. The largest absolute Gasteiger partial charge is 0.314 e. The average molecular weight is 175 g/mol. The van der Waals surface area contributed by atoms with Crippen LogP contribution in [0.2, 0.25) is 0 Å². The van der Waals surface area contributed by atoms with Crippen molar-refractivity contribution in [2.45, 2.75) is 13.5 Å². The van der Waals surface area contributed by atoms with Crippen molar-refractivity contribution in [2.24, 2.45) is 0 Å². The summed E-state index contributed by atoms with van der Waals surface area (Å²) in [7, 11) is 1.95. The lowest BCUT2D eigenvalue weighted by molar-refractivity contribution is 0.769. The summed E-state index contributed by atoms with van der Waals surface area (Å²) in [6.07, 6.45) is 1.90. The van der Waals surface area contributed by atoms with Gasteiger partial charge in [0.1, 0.15) is 5.82 Å². The summed E-state index contributed by atoms with van der Waals surface area (Å²) in [6.45, 7) is 2.89. The summed E-state index contributed by atoms with van der Waals surface area (Å²) in [5, 5.41) is 3.14. The Bertz CT molecular complexity index is 417. The number of hydrogen-bond donors (Lipinski definition) is 1. The van der Waals surface area contributed by atoms with Gasteiger partial charge >= 0.3 is 0 Å². The van der Waals surface area contributed by atoms with Crippen molar-refractivity contribution >= 4 is 5.52 Å². The monoisotopic (exact) mass is 175 g/mol. The predicted octanol–water partition coefficient (Wildman–Crippen LogP) is 1.36. The van der Waals surface area contributed by atoms with E-state index in [2.05, 4.69) is 32.9 Å². The predicted molar refractivity (Wildman–Crippen MR) is 52.7 cm³/mol. The molecule has 0 aromatic carbocycles. The molecule has 0 aliphatic carbocycles. The van der Waals surface area contributed by atoms with Crippen LogP contribution < -0.4 is 5.32 Å². The first-order valence-corrected chi connectivity index (χ1v) is 4.39. The number of hydrogen-bond acceptors (Lipinski definition) is 2. The molecule has 0 fully saturated rings. The maximum atomic E-state index is 4.27. The zero-order chi connectivity index (χ0) is 9.26. The van der Waals surface area contributed by atoms with E-state index in [-0.39, 0.29) is 0 Å². The summed E-state index contributed by atoms with van der Waals surface area (Å²) in [5.74, 6) is 1.04. The van der Waals surface area contributed by atoms with Crippen LogP contribution in [0.5, 0.6) is 0 Å². The molecule has 0 saturated heterocycles. The zero-order valence-electron chi connectivity index (χ0n) is 7.91. The van der Waals surface area contributed by atoms with Crippen molar-refractivity contribution < 1.29 is 0 Å². The van der Waals surface area contributed by atoms with Crippen LogP contribution >= 0.6 is 0 Å². The van der Waals surface area contributed by atoms with Crippen molar-refractivity contribution in [1.29, 1.82) is 0 Å². The second kappa shape index (κ2) is 3.18. The summed E-state index contributed by atoms with van der Waals surface area (Å²) in [5.41, 5.74) is 2.40. The maximum absolute atomic E-state index is 4.27. The molecule has 0 saturated carbocycles. The van der Waals surface area contributed by atoms with Crippen LogP contribution in [-0.2, 0) is 6.54 Å². The van der Waals surface area contributed by atoms with E-state index in [9.17, 15) is 0 Å². The maximum Gasteiger partial charge on any atom is 0.110 e. The first-order chi connectivity index (χ1) is 6.33. The third kappa shape index (κ3) is 1.31. The molecule has 0 bridgehead atoms. The minimum Gasteiger partial charge on any atom is -0.314 e. The fraction of sp³-hybridized carbons (Fsp3) is 0.300. The van der Waals surface area contributed by atoms with Gasteiger partial charge in [-0.3, -0.25) is 4.40 Å². The van der Waals surface area contributed by atoms with Gasteiger partial charge in [-0.2, -0.15) is 0 Å². The lowest BCUT2D eigenvalue weighted by Gasteiger charge is -2.05. The van der Waals surface area contributed by atoms with Crippen molar-refractivity contribution in [3.63, 3.8) is 0 Å². The van der Waals surface area contributed by atoms with Crippen molar-refractivity contribution in [2.75, 3.05) is 7.05 Å². The van der Waals surface area contributed by atoms with Crippen LogP contribution in [0.3, 0.4) is 0 Å². The molecule has 0 unspecified atom stereocenters. The van der Waals surface area contributed by atoms with E-state index in [0.29, 0.717) is 0 Å². The molecular formula is C10H13N3. The molecule has 0 atom stereocenters. The number of rotatable bonds is 2. The Kier molecular flexibility index (Phi) is 2.02. The minimum atomic E-state index is 0.870. The van der Waals surface area contributed by atoms with Crippen LogP contribution in [-0.4, -0.2) is 16.4 Å². The highest BCUT2D eigenvalue weighted by Gasteiger charge is 2.01. The zero-order valence-corrected chi connectivity index (χ0v) is 7.91. The van der Waals surface area contributed by atoms with Crippen molar-refractivity contribution in [3.8, 4) is 0 Å². The van der Waals surface area contributed by atoms with Crippen LogP contribution in [0.4, 0.5) is 0 Å². The third-order valence-corrected chi connectivity index (χ3v) is 2.17. The van der Waals surface area contributed by atoms with Crippen molar-refractivity contribution in [1.82, 2.24) is 14.7 Å². The topological polar surface area (TPSA) is 29.3 Å². The summed E-state index contributed by atoms with van der Waals surface area (Å²) in [6, 6.07) is 6.24. The second-order valence-electron chi connectivity index (χ2n) is 3.11. The van der Waals surface area contributed by atoms with E-state index in [4.69, 9.17) is 0 Å². The number of nitrogens with one attached hydrogen (secondary N) is 1. The van der Waals surface area contributed by atoms with Gasteiger partial charge in [0.15, 0.2) is 0 Å². The Labute approximate surface area is 77.4 Å². The number of fused-ring (bicyclic) bond motifs is 1. The molecule has 3 nitrogen and oxygen atoms in total. The van der Waals surface area contributed by atoms with Crippen LogP contribution in [0.1, 0.15) is 11.5 Å². The van der Waals surface area contributed by atoms with E-state index >= 15 is 0 Å². The van der Waals surface area contributed by atoms with Crippen LogP contribution in [0.25, 0.3) is 5.52 Å². The van der Waals surface area contributed by atoms with Crippen LogP contribution in [0, 0.1) is 6.92 Å². The summed E-state index contributed by atoms with van der Waals surface area (Å²) in [4.78, 5) is 4.27. The first-order valence-electron chi connectivity index (χ1n) is 4.39. The highest BCUT2D eigenvalue weighted by Crippen LogP contribution is 2.09. The van der Waals surface area contributed by atoms with Gasteiger partial charge in [-0.15, -0.1) is 0 Å². The first kappa shape index (κ1) is 8.26. The van der Waals surface area contributed by atoms with E-state index in [0.717, 1.165) is 17.9 Å². The molecule has 2 aromatic heterocycles. The van der Waals surface area contributed by atoms with E-state index in [1.807, 2.05) is 20.2 Å².